The van der Waals surface area contributed by atoms with E-state index in [9.17, 15) is 9.59 Å². The molecule has 1 aromatic carbocycles. The van der Waals surface area contributed by atoms with Crippen LogP contribution in [0.5, 0.6) is 0 Å². The summed E-state index contributed by atoms with van der Waals surface area (Å²) in [5.41, 5.74) is 1.82. The average molecular weight is 386 g/mol. The molecule has 3 heteroatoms. The van der Waals surface area contributed by atoms with E-state index in [4.69, 9.17) is 0 Å². The lowest BCUT2D eigenvalue weighted by Gasteiger charge is -2.38. The highest BCUT2D eigenvalue weighted by molar-refractivity contribution is 5.93. The monoisotopic (exact) mass is 385 g/mol. The van der Waals surface area contributed by atoms with E-state index in [1.165, 1.54) is 19.3 Å². The second-order valence-electron chi connectivity index (χ2n) is 8.95. The molecule has 156 valence electrons. The second-order valence-corrected chi connectivity index (χ2v) is 8.95. The number of anilines is 1. The summed E-state index contributed by atoms with van der Waals surface area (Å²) in [5, 5.41) is 3.02. The molecule has 0 aliphatic heterocycles. The largest absolute Gasteiger partial charge is 0.326 e. The first-order valence-corrected chi connectivity index (χ1v) is 11.3. The first kappa shape index (κ1) is 22.6. The molecule has 1 aromatic rings. The van der Waals surface area contributed by atoms with Crippen molar-refractivity contribution in [1.29, 1.82) is 0 Å². The van der Waals surface area contributed by atoms with E-state index < -0.39 is 0 Å². The van der Waals surface area contributed by atoms with Crippen molar-refractivity contribution in [2.24, 2.45) is 17.3 Å². The number of aryl methyl sites for hydroxylation is 1. The van der Waals surface area contributed by atoms with Crippen molar-refractivity contribution < 1.29 is 9.59 Å². The molecule has 1 fully saturated rings. The number of hydrogen-bond donors (Lipinski definition) is 1. The summed E-state index contributed by atoms with van der Waals surface area (Å²) in [7, 11) is 0. The Morgan fingerprint density at radius 1 is 1.04 bits per heavy atom. The molecule has 2 rings (SSSR count). The molecule has 3 nitrogen and oxygen atoms in total. The number of benzene rings is 1. The van der Waals surface area contributed by atoms with Gasteiger partial charge in [0, 0.05) is 23.4 Å². The van der Waals surface area contributed by atoms with E-state index in [-0.39, 0.29) is 17.2 Å². The van der Waals surface area contributed by atoms with Crippen molar-refractivity contribution in [3.8, 4) is 0 Å². The zero-order valence-corrected chi connectivity index (χ0v) is 18.4. The van der Waals surface area contributed by atoms with Gasteiger partial charge in [-0.25, -0.2) is 0 Å². The van der Waals surface area contributed by atoms with Gasteiger partial charge in [-0.1, -0.05) is 78.0 Å². The zero-order valence-electron chi connectivity index (χ0n) is 18.4. The summed E-state index contributed by atoms with van der Waals surface area (Å²) in [4.78, 5) is 25.5. The number of ketones is 1. The molecule has 0 unspecified atom stereocenters. The Hall–Kier alpha value is -1.64. The number of Topliss-reactive ketones (excluding diaryl/α,β-unsaturated/α-hetero) is 1. The number of hydrogen-bond acceptors (Lipinski definition) is 2. The number of carbonyl (C=O) groups is 2. The van der Waals surface area contributed by atoms with Gasteiger partial charge in [0.2, 0.25) is 5.91 Å². The van der Waals surface area contributed by atoms with Gasteiger partial charge in [0.15, 0.2) is 0 Å². The standard InChI is InChI=1S/C25H39NO2/c1-5-20(6-2)18-25(16-10-7-11-17-25)23(27)15-14-21-12-8-9-13-22(21)26-24(28)19(3)4/h8-9,12-13,19-20H,5-7,10-11,14-18H2,1-4H3,(H,26,28). The van der Waals surface area contributed by atoms with Crippen LogP contribution in [0.4, 0.5) is 5.69 Å². The maximum absolute atomic E-state index is 13.4. The Morgan fingerprint density at radius 2 is 1.68 bits per heavy atom. The minimum Gasteiger partial charge on any atom is -0.326 e. The highest BCUT2D eigenvalue weighted by Crippen LogP contribution is 2.44. The normalized spacial score (nSPS) is 16.4. The molecule has 0 heterocycles. The topological polar surface area (TPSA) is 46.2 Å². The third-order valence-electron chi connectivity index (χ3n) is 6.66. The highest BCUT2D eigenvalue weighted by atomic mass is 16.1. The SMILES string of the molecule is CCC(CC)CC1(C(=O)CCc2ccccc2NC(=O)C(C)C)CCCCC1. The molecule has 0 spiro atoms. The Morgan fingerprint density at radius 3 is 2.29 bits per heavy atom. The van der Waals surface area contributed by atoms with E-state index in [1.54, 1.807) is 0 Å². The van der Waals surface area contributed by atoms with Crippen LogP contribution in [0.1, 0.15) is 91.0 Å². The first-order chi connectivity index (χ1) is 13.4. The van der Waals surface area contributed by atoms with Gasteiger partial charge in [-0.2, -0.15) is 0 Å². The van der Waals surface area contributed by atoms with Gasteiger partial charge >= 0.3 is 0 Å². The summed E-state index contributed by atoms with van der Waals surface area (Å²) in [5.74, 6) is 1.07. The Balaban J connectivity index is 2.09. The molecule has 28 heavy (non-hydrogen) atoms. The predicted molar refractivity (Wildman–Crippen MR) is 117 cm³/mol. The molecule has 1 aliphatic carbocycles. The molecule has 1 aliphatic rings. The smallest absolute Gasteiger partial charge is 0.226 e. The Bertz CT molecular complexity index is 640. The fraction of sp³-hybridized carbons (Fsp3) is 0.680. The van der Waals surface area contributed by atoms with Crippen LogP contribution in [0.3, 0.4) is 0 Å². The summed E-state index contributed by atoms with van der Waals surface area (Å²) in [6.07, 6.45) is 10.4. The Labute approximate surface area is 171 Å². The molecule has 0 saturated heterocycles. The van der Waals surface area contributed by atoms with Gasteiger partial charge < -0.3 is 5.32 Å². The summed E-state index contributed by atoms with van der Waals surface area (Å²) >= 11 is 0. The fourth-order valence-corrected chi connectivity index (χ4v) is 4.61. The molecule has 0 atom stereocenters. The van der Waals surface area contributed by atoms with Crippen molar-refractivity contribution in [3.05, 3.63) is 29.8 Å². The molecular formula is C25H39NO2. The van der Waals surface area contributed by atoms with Crippen molar-refractivity contribution in [1.82, 2.24) is 0 Å². The molecule has 1 amide bonds. The van der Waals surface area contributed by atoms with Gasteiger partial charge in [0.25, 0.3) is 0 Å². The third-order valence-corrected chi connectivity index (χ3v) is 6.66. The minimum absolute atomic E-state index is 0.0243. The van der Waals surface area contributed by atoms with Gasteiger partial charge in [0.05, 0.1) is 0 Å². The average Bonchev–Trinajstić information content (AvgIpc) is 2.71. The zero-order chi connectivity index (χ0) is 20.6. The minimum atomic E-state index is -0.106. The number of rotatable bonds is 10. The molecule has 0 aromatic heterocycles. The second kappa shape index (κ2) is 10.8. The molecular weight excluding hydrogens is 346 g/mol. The third kappa shape index (κ3) is 5.93. The van der Waals surface area contributed by atoms with Crippen LogP contribution in [-0.2, 0) is 16.0 Å². The number of carbonyl (C=O) groups excluding carboxylic acids is 2. The van der Waals surface area contributed by atoms with Crippen LogP contribution in [0.2, 0.25) is 0 Å². The van der Waals surface area contributed by atoms with E-state index in [0.29, 0.717) is 24.5 Å². The van der Waals surface area contributed by atoms with Gasteiger partial charge in [0.1, 0.15) is 5.78 Å². The van der Waals surface area contributed by atoms with E-state index >= 15 is 0 Å². The molecule has 1 N–H and O–H groups in total. The van der Waals surface area contributed by atoms with Crippen LogP contribution in [0.25, 0.3) is 0 Å². The van der Waals surface area contributed by atoms with Crippen molar-refractivity contribution >= 4 is 17.4 Å². The van der Waals surface area contributed by atoms with E-state index in [0.717, 1.165) is 43.4 Å². The maximum atomic E-state index is 13.4. The predicted octanol–water partition coefficient (Wildman–Crippen LogP) is 6.56. The van der Waals surface area contributed by atoms with Gasteiger partial charge in [-0.05, 0) is 43.2 Å². The van der Waals surface area contributed by atoms with Crippen molar-refractivity contribution in [2.45, 2.75) is 91.9 Å². The molecule has 0 bridgehead atoms. The van der Waals surface area contributed by atoms with E-state index in [2.05, 4.69) is 19.2 Å². The summed E-state index contributed by atoms with van der Waals surface area (Å²) in [6, 6.07) is 7.92. The van der Waals surface area contributed by atoms with Crippen LogP contribution in [-0.4, -0.2) is 11.7 Å². The van der Waals surface area contributed by atoms with Crippen LogP contribution in [0.15, 0.2) is 24.3 Å². The lowest BCUT2D eigenvalue weighted by Crippen LogP contribution is -2.35. The van der Waals surface area contributed by atoms with Crippen molar-refractivity contribution in [3.63, 3.8) is 0 Å². The quantitative estimate of drug-likeness (QED) is 0.496. The summed E-state index contributed by atoms with van der Waals surface area (Å²) in [6.45, 7) is 8.30. The van der Waals surface area contributed by atoms with Crippen LogP contribution >= 0.6 is 0 Å². The molecule has 1 saturated carbocycles. The molecule has 0 radical (unpaired) electrons. The lowest BCUT2D eigenvalue weighted by molar-refractivity contribution is -0.132. The van der Waals surface area contributed by atoms with Crippen molar-refractivity contribution in [2.75, 3.05) is 5.32 Å². The van der Waals surface area contributed by atoms with E-state index in [1.807, 2.05) is 38.1 Å². The summed E-state index contributed by atoms with van der Waals surface area (Å²) < 4.78 is 0. The first-order valence-electron chi connectivity index (χ1n) is 11.3. The maximum Gasteiger partial charge on any atom is 0.226 e. The highest BCUT2D eigenvalue weighted by Gasteiger charge is 2.39. The van der Waals surface area contributed by atoms with Gasteiger partial charge in [-0.3, -0.25) is 9.59 Å². The Kier molecular flexibility index (Phi) is 8.72. The van der Waals surface area contributed by atoms with Gasteiger partial charge in [-0.15, -0.1) is 0 Å². The number of amides is 1. The van der Waals surface area contributed by atoms with Crippen LogP contribution < -0.4 is 5.32 Å². The van der Waals surface area contributed by atoms with Crippen LogP contribution in [0, 0.1) is 17.3 Å². The number of para-hydroxylation sites is 1. The number of nitrogens with one attached hydrogen (secondary N) is 1. The fourth-order valence-electron chi connectivity index (χ4n) is 4.61. The lowest BCUT2D eigenvalue weighted by atomic mass is 9.65.